The average Bonchev–Trinajstić information content (AvgIpc) is 2.77. The van der Waals surface area contributed by atoms with Crippen molar-refractivity contribution in [3.63, 3.8) is 0 Å². The van der Waals surface area contributed by atoms with Crippen LogP contribution in [0.2, 0.25) is 10.0 Å². The van der Waals surface area contributed by atoms with E-state index in [9.17, 15) is 0 Å². The molecule has 1 heterocycles. The van der Waals surface area contributed by atoms with Crippen molar-refractivity contribution in [1.29, 1.82) is 0 Å². The van der Waals surface area contributed by atoms with Crippen LogP contribution in [-0.2, 0) is 19.4 Å². The fourth-order valence-electron chi connectivity index (χ4n) is 2.52. The maximum absolute atomic E-state index is 6.21. The molecule has 2 aromatic rings. The number of aryl methyl sites for hydroxylation is 1. The first-order valence-electron chi connectivity index (χ1n) is 6.21. The highest BCUT2D eigenvalue weighted by Crippen LogP contribution is 2.27. The first-order valence-corrected chi connectivity index (χ1v) is 6.97. The minimum atomic E-state index is 0.709. The summed E-state index contributed by atoms with van der Waals surface area (Å²) < 4.78 is 2.18. The number of rotatable bonds is 2. The fraction of sp³-hybridized carbons (Fsp3) is 0.357. The number of halogens is 2. The highest BCUT2D eigenvalue weighted by atomic mass is 35.5. The molecule has 0 aliphatic heterocycles. The Morgan fingerprint density at radius 2 is 1.83 bits per heavy atom. The van der Waals surface area contributed by atoms with Gasteiger partial charge in [-0.25, -0.2) is 4.98 Å². The summed E-state index contributed by atoms with van der Waals surface area (Å²) in [5, 5.41) is 1.45. The number of fused-ring (bicyclic) bond motifs is 1. The van der Waals surface area contributed by atoms with Crippen LogP contribution in [0.1, 0.15) is 29.8 Å². The molecule has 0 atom stereocenters. The largest absolute Gasteiger partial charge is 0.330 e. The third-order valence-corrected chi connectivity index (χ3v) is 4.21. The predicted octanol–water partition coefficient (Wildman–Crippen LogP) is 4.12. The van der Waals surface area contributed by atoms with E-state index < -0.39 is 0 Å². The van der Waals surface area contributed by atoms with Crippen molar-refractivity contribution < 1.29 is 0 Å². The predicted molar refractivity (Wildman–Crippen MR) is 74.4 cm³/mol. The quantitative estimate of drug-likeness (QED) is 0.809. The van der Waals surface area contributed by atoms with Crippen LogP contribution in [0.3, 0.4) is 0 Å². The number of hydrogen-bond acceptors (Lipinski definition) is 1. The van der Waals surface area contributed by atoms with E-state index in [-0.39, 0.29) is 0 Å². The number of aromatic nitrogens is 2. The summed E-state index contributed by atoms with van der Waals surface area (Å²) in [6.45, 7) is 0.709. The summed E-state index contributed by atoms with van der Waals surface area (Å²) in [6, 6.07) is 5.63. The zero-order valence-corrected chi connectivity index (χ0v) is 11.5. The normalized spacial score (nSPS) is 14.6. The van der Waals surface area contributed by atoms with Gasteiger partial charge in [0.2, 0.25) is 0 Å². The van der Waals surface area contributed by atoms with Crippen LogP contribution in [-0.4, -0.2) is 9.55 Å². The lowest BCUT2D eigenvalue weighted by Crippen LogP contribution is -2.09. The standard InChI is InChI=1S/C14H14Cl2N2/c15-11-4-3-5-12(16)10(11)8-18-9-17-13-6-1-2-7-14(13)18/h3-5,9H,1-2,6-8H2. The van der Waals surface area contributed by atoms with Crippen molar-refractivity contribution in [1.82, 2.24) is 9.55 Å². The third-order valence-electron chi connectivity index (χ3n) is 3.50. The minimum Gasteiger partial charge on any atom is -0.330 e. The Balaban J connectivity index is 1.95. The molecule has 0 fully saturated rings. The van der Waals surface area contributed by atoms with E-state index in [1.54, 1.807) is 0 Å². The summed E-state index contributed by atoms with van der Waals surface area (Å²) in [6.07, 6.45) is 6.61. The molecule has 0 unspecified atom stereocenters. The molecule has 3 rings (SSSR count). The maximum Gasteiger partial charge on any atom is 0.0954 e. The molecule has 18 heavy (non-hydrogen) atoms. The van der Waals surface area contributed by atoms with Gasteiger partial charge < -0.3 is 4.57 Å². The van der Waals surface area contributed by atoms with Gasteiger partial charge in [0.1, 0.15) is 0 Å². The minimum absolute atomic E-state index is 0.709. The van der Waals surface area contributed by atoms with Crippen LogP contribution in [0.25, 0.3) is 0 Å². The summed E-state index contributed by atoms with van der Waals surface area (Å²) >= 11 is 12.4. The highest BCUT2D eigenvalue weighted by Gasteiger charge is 2.16. The van der Waals surface area contributed by atoms with E-state index in [1.165, 1.54) is 24.2 Å². The molecule has 0 saturated heterocycles. The SMILES string of the molecule is Clc1cccc(Cl)c1Cn1cnc2c1CCCC2. The van der Waals surface area contributed by atoms with Crippen LogP contribution < -0.4 is 0 Å². The first kappa shape index (κ1) is 12.1. The molecule has 1 aliphatic carbocycles. The van der Waals surface area contributed by atoms with Crippen molar-refractivity contribution in [3.05, 3.63) is 51.5 Å². The van der Waals surface area contributed by atoms with Crippen LogP contribution in [0.5, 0.6) is 0 Å². The van der Waals surface area contributed by atoms with Crippen molar-refractivity contribution in [2.75, 3.05) is 0 Å². The molecule has 2 nitrogen and oxygen atoms in total. The molecule has 4 heteroatoms. The Kier molecular flexibility index (Phi) is 3.31. The molecular weight excluding hydrogens is 267 g/mol. The Labute approximate surface area is 117 Å². The Morgan fingerprint density at radius 1 is 1.11 bits per heavy atom. The summed E-state index contributed by atoms with van der Waals surface area (Å²) in [4.78, 5) is 4.49. The van der Waals surface area contributed by atoms with Gasteiger partial charge in [-0.15, -0.1) is 0 Å². The molecule has 1 aromatic heterocycles. The van der Waals surface area contributed by atoms with Crippen molar-refractivity contribution >= 4 is 23.2 Å². The van der Waals surface area contributed by atoms with Gasteiger partial charge in [-0.3, -0.25) is 0 Å². The van der Waals surface area contributed by atoms with E-state index in [0.29, 0.717) is 6.54 Å². The molecular formula is C14H14Cl2N2. The van der Waals surface area contributed by atoms with Crippen LogP contribution in [0.15, 0.2) is 24.5 Å². The second-order valence-corrected chi connectivity index (χ2v) is 5.49. The van der Waals surface area contributed by atoms with Crippen molar-refractivity contribution in [2.24, 2.45) is 0 Å². The second kappa shape index (κ2) is 4.94. The topological polar surface area (TPSA) is 17.8 Å². The van der Waals surface area contributed by atoms with Gasteiger partial charge >= 0.3 is 0 Å². The molecule has 0 spiro atoms. The number of benzene rings is 1. The van der Waals surface area contributed by atoms with Gasteiger partial charge in [0.05, 0.1) is 18.6 Å². The molecule has 1 aliphatic rings. The first-order chi connectivity index (χ1) is 8.75. The van der Waals surface area contributed by atoms with Gasteiger partial charge in [0.25, 0.3) is 0 Å². The molecule has 0 bridgehead atoms. The third kappa shape index (κ3) is 2.15. The van der Waals surface area contributed by atoms with E-state index >= 15 is 0 Å². The zero-order valence-electron chi connectivity index (χ0n) is 10.00. The second-order valence-electron chi connectivity index (χ2n) is 4.67. The summed E-state index contributed by atoms with van der Waals surface area (Å²) in [5.74, 6) is 0. The van der Waals surface area contributed by atoms with Gasteiger partial charge in [-0.1, -0.05) is 29.3 Å². The average molecular weight is 281 g/mol. The van der Waals surface area contributed by atoms with Crippen LogP contribution in [0.4, 0.5) is 0 Å². The fourth-order valence-corrected chi connectivity index (χ4v) is 3.04. The van der Waals surface area contributed by atoms with Crippen LogP contribution in [0, 0.1) is 0 Å². The van der Waals surface area contributed by atoms with Gasteiger partial charge in [0.15, 0.2) is 0 Å². The van der Waals surface area contributed by atoms with E-state index in [2.05, 4.69) is 9.55 Å². The monoisotopic (exact) mass is 280 g/mol. The number of nitrogens with zero attached hydrogens (tertiary/aromatic N) is 2. The van der Waals surface area contributed by atoms with E-state index in [1.807, 2.05) is 24.5 Å². The molecule has 0 N–H and O–H groups in total. The van der Waals surface area contributed by atoms with Crippen LogP contribution >= 0.6 is 23.2 Å². The molecule has 0 amide bonds. The molecule has 0 saturated carbocycles. The van der Waals surface area contributed by atoms with Gasteiger partial charge in [-0.05, 0) is 37.8 Å². The lowest BCUT2D eigenvalue weighted by molar-refractivity contribution is 0.628. The van der Waals surface area contributed by atoms with Gasteiger partial charge in [0, 0.05) is 21.3 Å². The molecule has 0 radical (unpaired) electrons. The molecule has 1 aromatic carbocycles. The number of hydrogen-bond donors (Lipinski definition) is 0. The molecule has 94 valence electrons. The van der Waals surface area contributed by atoms with Crippen molar-refractivity contribution in [2.45, 2.75) is 32.2 Å². The highest BCUT2D eigenvalue weighted by molar-refractivity contribution is 6.35. The Bertz CT molecular complexity index is 555. The smallest absolute Gasteiger partial charge is 0.0954 e. The van der Waals surface area contributed by atoms with Gasteiger partial charge in [-0.2, -0.15) is 0 Å². The Morgan fingerprint density at radius 3 is 2.61 bits per heavy atom. The van der Waals surface area contributed by atoms with Crippen molar-refractivity contribution in [3.8, 4) is 0 Å². The maximum atomic E-state index is 6.21. The zero-order chi connectivity index (χ0) is 12.5. The summed E-state index contributed by atoms with van der Waals surface area (Å²) in [7, 11) is 0. The lowest BCUT2D eigenvalue weighted by Gasteiger charge is -2.15. The lowest BCUT2D eigenvalue weighted by atomic mass is 10.0. The van der Waals surface area contributed by atoms with E-state index in [0.717, 1.165) is 28.5 Å². The number of imidazole rings is 1. The Hall–Kier alpha value is -0.990. The summed E-state index contributed by atoms with van der Waals surface area (Å²) in [5.41, 5.74) is 3.56. The van der Waals surface area contributed by atoms with E-state index in [4.69, 9.17) is 23.2 Å².